The van der Waals surface area contributed by atoms with Crippen molar-refractivity contribution in [1.29, 1.82) is 0 Å². The highest BCUT2D eigenvalue weighted by Gasteiger charge is 2.23. The van der Waals surface area contributed by atoms with E-state index in [-0.39, 0.29) is 16.8 Å². The van der Waals surface area contributed by atoms with Gasteiger partial charge in [-0.1, -0.05) is 29.8 Å². The summed E-state index contributed by atoms with van der Waals surface area (Å²) in [6.45, 7) is 5.92. The second kappa shape index (κ2) is 7.26. The number of nitrogens with one attached hydrogen (secondary N) is 2. The highest BCUT2D eigenvalue weighted by molar-refractivity contribution is 9.11. The van der Waals surface area contributed by atoms with Gasteiger partial charge in [0, 0.05) is 14.5 Å². The van der Waals surface area contributed by atoms with Gasteiger partial charge >= 0.3 is 12.0 Å². The van der Waals surface area contributed by atoms with Gasteiger partial charge in [-0.15, -0.1) is 0 Å². The van der Waals surface area contributed by atoms with Crippen LogP contribution < -0.4 is 10.6 Å². The number of benzene rings is 1. The lowest BCUT2D eigenvalue weighted by molar-refractivity contribution is 0.0698. The van der Waals surface area contributed by atoms with Crippen LogP contribution in [0.3, 0.4) is 0 Å². The Bertz CT molecular complexity index is 557. The molecule has 0 aliphatic heterocycles. The Kier molecular flexibility index (Phi) is 6.22. The highest BCUT2D eigenvalue weighted by Crippen LogP contribution is 2.31. The first-order valence-electron chi connectivity index (χ1n) is 6.54. The van der Waals surface area contributed by atoms with Crippen molar-refractivity contribution < 1.29 is 14.7 Å². The number of rotatable bonds is 5. The van der Waals surface area contributed by atoms with Gasteiger partial charge in [0.05, 0.1) is 11.3 Å². The Morgan fingerprint density at radius 1 is 1.24 bits per heavy atom. The van der Waals surface area contributed by atoms with E-state index >= 15 is 0 Å². The van der Waals surface area contributed by atoms with E-state index in [1.165, 1.54) is 6.07 Å². The van der Waals surface area contributed by atoms with E-state index in [0.29, 0.717) is 8.95 Å². The number of carboxylic acid groups (broad SMARTS) is 1. The Labute approximate surface area is 140 Å². The van der Waals surface area contributed by atoms with E-state index in [1.807, 2.05) is 20.8 Å². The van der Waals surface area contributed by atoms with Gasteiger partial charge < -0.3 is 15.7 Å². The molecule has 2 amide bonds. The molecule has 21 heavy (non-hydrogen) atoms. The van der Waals surface area contributed by atoms with Crippen LogP contribution in [0.15, 0.2) is 21.1 Å². The quantitative estimate of drug-likeness (QED) is 0.649. The largest absolute Gasteiger partial charge is 0.478 e. The average molecular weight is 422 g/mol. The topological polar surface area (TPSA) is 78.4 Å². The lowest BCUT2D eigenvalue weighted by Crippen LogP contribution is -2.47. The number of aromatic carboxylic acids is 1. The lowest BCUT2D eigenvalue weighted by Gasteiger charge is -2.28. The van der Waals surface area contributed by atoms with Crippen LogP contribution in [0.4, 0.5) is 10.5 Å². The van der Waals surface area contributed by atoms with E-state index in [4.69, 9.17) is 0 Å². The monoisotopic (exact) mass is 420 g/mol. The fourth-order valence-corrected chi connectivity index (χ4v) is 3.04. The first-order valence-corrected chi connectivity index (χ1v) is 8.12. The van der Waals surface area contributed by atoms with Crippen LogP contribution in [0.5, 0.6) is 0 Å². The number of amides is 2. The Hall–Kier alpha value is -1.08. The van der Waals surface area contributed by atoms with Gasteiger partial charge in [0.1, 0.15) is 0 Å². The van der Waals surface area contributed by atoms with E-state index in [9.17, 15) is 14.7 Å². The third-order valence-corrected chi connectivity index (χ3v) is 4.58. The van der Waals surface area contributed by atoms with E-state index in [2.05, 4.69) is 42.5 Å². The average Bonchev–Trinajstić information content (AvgIpc) is 2.41. The zero-order valence-corrected chi connectivity index (χ0v) is 15.3. The van der Waals surface area contributed by atoms with Gasteiger partial charge in [-0.2, -0.15) is 0 Å². The molecule has 0 aliphatic carbocycles. The van der Waals surface area contributed by atoms with Crippen LogP contribution in [-0.2, 0) is 0 Å². The van der Waals surface area contributed by atoms with Crippen LogP contribution in [0.2, 0.25) is 0 Å². The Morgan fingerprint density at radius 2 is 1.81 bits per heavy atom. The first kappa shape index (κ1) is 18.0. The summed E-state index contributed by atoms with van der Waals surface area (Å²) in [6, 6.07) is 2.70. The predicted octanol–water partition coefficient (Wildman–Crippen LogP) is 4.61. The Balaban J connectivity index is 3.03. The van der Waals surface area contributed by atoms with Crippen molar-refractivity contribution in [3.8, 4) is 0 Å². The standard InChI is InChI=1S/C14H18Br2N2O3/c1-4-14(3,5-2)18-13(21)17-11-9(12(19)20)6-8(15)7-10(11)16/h6-7H,4-5H2,1-3H3,(H,19,20)(H2,17,18,21). The fraction of sp³-hybridized carbons (Fsp3) is 0.429. The molecular weight excluding hydrogens is 404 g/mol. The van der Waals surface area contributed by atoms with Crippen molar-refractivity contribution in [3.63, 3.8) is 0 Å². The smallest absolute Gasteiger partial charge is 0.337 e. The second-order valence-corrected chi connectivity index (χ2v) is 6.73. The number of carbonyl (C=O) groups excluding carboxylic acids is 1. The normalized spacial score (nSPS) is 11.1. The molecule has 3 N–H and O–H groups in total. The maximum Gasteiger partial charge on any atom is 0.337 e. The number of carboxylic acids is 1. The minimum absolute atomic E-state index is 0.0149. The summed E-state index contributed by atoms with van der Waals surface area (Å²) in [5.41, 5.74) is -0.0752. The molecule has 1 aromatic rings. The molecule has 1 aromatic carbocycles. The van der Waals surface area contributed by atoms with Crippen LogP contribution in [-0.4, -0.2) is 22.6 Å². The first-order chi connectivity index (χ1) is 9.72. The van der Waals surface area contributed by atoms with Crippen molar-refractivity contribution in [2.45, 2.75) is 39.2 Å². The van der Waals surface area contributed by atoms with Crippen LogP contribution in [0, 0.1) is 0 Å². The molecule has 0 fully saturated rings. The molecule has 0 bridgehead atoms. The lowest BCUT2D eigenvalue weighted by atomic mass is 9.96. The minimum atomic E-state index is -1.11. The number of urea groups is 1. The van der Waals surface area contributed by atoms with Crippen LogP contribution >= 0.6 is 31.9 Å². The van der Waals surface area contributed by atoms with Gasteiger partial charge in [0.25, 0.3) is 0 Å². The molecule has 5 nitrogen and oxygen atoms in total. The fourth-order valence-electron chi connectivity index (χ4n) is 1.71. The number of halogens is 2. The zero-order chi connectivity index (χ0) is 16.2. The second-order valence-electron chi connectivity index (χ2n) is 4.96. The molecule has 0 heterocycles. The maximum atomic E-state index is 12.1. The summed E-state index contributed by atoms with van der Waals surface area (Å²) >= 11 is 6.50. The van der Waals surface area contributed by atoms with Crippen molar-refractivity contribution in [2.75, 3.05) is 5.32 Å². The van der Waals surface area contributed by atoms with E-state index in [0.717, 1.165) is 12.8 Å². The number of hydrogen-bond acceptors (Lipinski definition) is 2. The summed E-state index contributed by atoms with van der Waals surface area (Å²) in [4.78, 5) is 23.4. The molecule has 0 saturated heterocycles. The SMILES string of the molecule is CCC(C)(CC)NC(=O)Nc1c(Br)cc(Br)cc1C(=O)O. The molecule has 0 aliphatic rings. The summed E-state index contributed by atoms with van der Waals surface area (Å²) in [7, 11) is 0. The third-order valence-electron chi connectivity index (χ3n) is 3.50. The number of carbonyl (C=O) groups is 2. The summed E-state index contributed by atoms with van der Waals surface area (Å²) < 4.78 is 1.11. The zero-order valence-electron chi connectivity index (χ0n) is 12.1. The molecule has 0 aromatic heterocycles. The molecule has 1 rings (SSSR count). The number of hydrogen-bond donors (Lipinski definition) is 3. The summed E-state index contributed by atoms with van der Waals surface area (Å²) in [5, 5.41) is 14.7. The molecule has 0 spiro atoms. The van der Waals surface area contributed by atoms with Gasteiger partial charge in [0.2, 0.25) is 0 Å². The molecule has 116 valence electrons. The summed E-state index contributed by atoms with van der Waals surface area (Å²) in [6.07, 6.45) is 1.56. The molecule has 0 saturated carbocycles. The summed E-state index contributed by atoms with van der Waals surface area (Å²) in [5.74, 6) is -1.11. The third kappa shape index (κ3) is 4.71. The van der Waals surface area contributed by atoms with E-state index in [1.54, 1.807) is 6.07 Å². The van der Waals surface area contributed by atoms with Gasteiger partial charge in [-0.3, -0.25) is 0 Å². The minimum Gasteiger partial charge on any atom is -0.478 e. The highest BCUT2D eigenvalue weighted by atomic mass is 79.9. The molecular formula is C14H18Br2N2O3. The van der Waals surface area contributed by atoms with Crippen molar-refractivity contribution in [1.82, 2.24) is 5.32 Å². The van der Waals surface area contributed by atoms with Gasteiger partial charge in [-0.25, -0.2) is 9.59 Å². The molecule has 0 atom stereocenters. The molecule has 0 unspecified atom stereocenters. The van der Waals surface area contributed by atoms with Crippen molar-refractivity contribution >= 4 is 49.5 Å². The van der Waals surface area contributed by atoms with Crippen molar-refractivity contribution in [3.05, 3.63) is 26.6 Å². The number of anilines is 1. The van der Waals surface area contributed by atoms with Gasteiger partial charge in [0.15, 0.2) is 0 Å². The van der Waals surface area contributed by atoms with Crippen molar-refractivity contribution in [2.24, 2.45) is 0 Å². The van der Waals surface area contributed by atoms with Gasteiger partial charge in [-0.05, 0) is 47.8 Å². The predicted molar refractivity (Wildman–Crippen MR) is 89.9 cm³/mol. The van der Waals surface area contributed by atoms with E-state index < -0.39 is 12.0 Å². The Morgan fingerprint density at radius 3 is 2.29 bits per heavy atom. The molecule has 0 radical (unpaired) electrons. The van der Waals surface area contributed by atoms with Crippen LogP contribution in [0.1, 0.15) is 44.0 Å². The maximum absolute atomic E-state index is 12.1. The van der Waals surface area contributed by atoms with Crippen LogP contribution in [0.25, 0.3) is 0 Å². The molecule has 7 heteroatoms.